The molecular weight excluding hydrogens is 410 g/mol. The lowest BCUT2D eigenvalue weighted by molar-refractivity contribution is -0.120. The predicted octanol–water partition coefficient (Wildman–Crippen LogP) is 3.85. The molecule has 0 aliphatic carbocycles. The molecule has 2 aliphatic rings. The second kappa shape index (κ2) is 9.24. The van der Waals surface area contributed by atoms with Crippen molar-refractivity contribution in [2.45, 2.75) is 32.2 Å². The summed E-state index contributed by atoms with van der Waals surface area (Å²) in [5.41, 5.74) is 1.49. The van der Waals surface area contributed by atoms with Crippen molar-refractivity contribution in [3.8, 4) is 5.75 Å². The number of thiophene rings is 1. The van der Waals surface area contributed by atoms with Crippen LogP contribution in [0.2, 0.25) is 0 Å². The van der Waals surface area contributed by atoms with Gasteiger partial charge in [-0.2, -0.15) is 0 Å². The molecule has 0 bridgehead atoms. The van der Waals surface area contributed by atoms with Crippen LogP contribution in [-0.2, 0) is 9.59 Å². The summed E-state index contributed by atoms with van der Waals surface area (Å²) in [5.74, 6) is -0.00285. The first-order valence-corrected chi connectivity index (χ1v) is 11.7. The first-order valence-electron chi connectivity index (χ1n) is 10.8. The number of carbonyl (C=O) groups is 2. The van der Waals surface area contributed by atoms with Gasteiger partial charge in [0.2, 0.25) is 0 Å². The molecule has 0 atom stereocenters. The molecule has 31 heavy (non-hydrogen) atoms. The standard InChI is InChI=1S/C24H29N3O3S/c1-4-15-30-19-9-6-5-8-18(19)27-23(28)21(20-10-7-16-31-20)22(24(27)29)26(3)17-11-13-25(2)14-12-17/h5-10,16-17H,4,11-15H2,1-3H3. The Balaban J connectivity index is 1.74. The number of piperidine rings is 1. The first-order chi connectivity index (χ1) is 15.0. The highest BCUT2D eigenvalue weighted by atomic mass is 32.1. The molecule has 164 valence electrons. The van der Waals surface area contributed by atoms with E-state index >= 15 is 0 Å². The molecule has 1 fully saturated rings. The van der Waals surface area contributed by atoms with E-state index < -0.39 is 0 Å². The van der Waals surface area contributed by atoms with E-state index in [9.17, 15) is 9.59 Å². The number of likely N-dealkylation sites (tertiary alicyclic amines) is 1. The second-order valence-corrected chi connectivity index (χ2v) is 9.06. The van der Waals surface area contributed by atoms with Crippen LogP contribution >= 0.6 is 11.3 Å². The van der Waals surface area contributed by atoms with Gasteiger partial charge in [-0.25, -0.2) is 4.90 Å². The third kappa shape index (κ3) is 4.12. The zero-order chi connectivity index (χ0) is 22.0. The lowest BCUT2D eigenvalue weighted by Gasteiger charge is -2.36. The number of ether oxygens (including phenoxy) is 1. The number of likely N-dealkylation sites (N-methyl/N-ethyl adjacent to an activating group) is 1. The van der Waals surface area contributed by atoms with Crippen LogP contribution in [0.1, 0.15) is 31.1 Å². The van der Waals surface area contributed by atoms with Gasteiger partial charge in [0.15, 0.2) is 0 Å². The van der Waals surface area contributed by atoms with Crippen molar-refractivity contribution < 1.29 is 14.3 Å². The van der Waals surface area contributed by atoms with E-state index in [0.717, 1.165) is 37.2 Å². The molecule has 3 heterocycles. The highest BCUT2D eigenvalue weighted by Crippen LogP contribution is 2.40. The van der Waals surface area contributed by atoms with E-state index in [1.54, 1.807) is 6.07 Å². The Kier molecular flexibility index (Phi) is 6.43. The predicted molar refractivity (Wildman–Crippen MR) is 124 cm³/mol. The maximum Gasteiger partial charge on any atom is 0.282 e. The molecule has 2 amide bonds. The van der Waals surface area contributed by atoms with Crippen molar-refractivity contribution in [3.05, 3.63) is 52.4 Å². The van der Waals surface area contributed by atoms with Crippen molar-refractivity contribution in [2.24, 2.45) is 0 Å². The lowest BCUT2D eigenvalue weighted by Crippen LogP contribution is -2.43. The lowest BCUT2D eigenvalue weighted by atomic mass is 10.0. The molecule has 0 saturated carbocycles. The second-order valence-electron chi connectivity index (χ2n) is 8.11. The van der Waals surface area contributed by atoms with Crippen LogP contribution in [0.3, 0.4) is 0 Å². The van der Waals surface area contributed by atoms with Gasteiger partial charge in [0.05, 0.1) is 17.9 Å². The summed E-state index contributed by atoms with van der Waals surface area (Å²) in [7, 11) is 4.07. The molecule has 1 aromatic carbocycles. The fourth-order valence-corrected chi connectivity index (χ4v) is 5.01. The molecule has 6 nitrogen and oxygen atoms in total. The minimum absolute atomic E-state index is 0.226. The number of amides is 2. The molecule has 2 aromatic rings. The summed E-state index contributed by atoms with van der Waals surface area (Å²) >= 11 is 1.49. The zero-order valence-electron chi connectivity index (χ0n) is 18.3. The maximum absolute atomic E-state index is 13.7. The number of nitrogens with zero attached hydrogens (tertiary/aromatic N) is 3. The van der Waals surface area contributed by atoms with Crippen LogP contribution in [0.5, 0.6) is 5.75 Å². The third-order valence-electron chi connectivity index (χ3n) is 5.98. The summed E-state index contributed by atoms with van der Waals surface area (Å²) in [6.07, 6.45) is 2.77. The first kappa shape index (κ1) is 21.6. The Bertz CT molecular complexity index is 978. The van der Waals surface area contributed by atoms with Crippen molar-refractivity contribution in [3.63, 3.8) is 0 Å². The molecule has 0 N–H and O–H groups in total. The maximum atomic E-state index is 13.7. The van der Waals surface area contributed by atoms with Crippen LogP contribution in [0, 0.1) is 0 Å². The van der Waals surface area contributed by atoms with Crippen LogP contribution in [-0.4, -0.2) is 61.4 Å². The Hall–Kier alpha value is -2.64. The summed E-state index contributed by atoms with van der Waals surface area (Å²) in [6, 6.07) is 11.3. The van der Waals surface area contributed by atoms with Gasteiger partial charge in [-0.1, -0.05) is 25.1 Å². The monoisotopic (exact) mass is 439 g/mol. The van der Waals surface area contributed by atoms with Crippen molar-refractivity contribution in [2.75, 3.05) is 38.7 Å². The Labute approximate surface area is 187 Å². The fourth-order valence-electron chi connectivity index (χ4n) is 4.25. The van der Waals surface area contributed by atoms with Gasteiger partial charge in [-0.05, 0) is 63.0 Å². The normalized spacial score (nSPS) is 18.2. The number of hydrogen-bond donors (Lipinski definition) is 0. The number of anilines is 1. The molecule has 0 radical (unpaired) electrons. The van der Waals surface area contributed by atoms with Gasteiger partial charge < -0.3 is 14.5 Å². The van der Waals surface area contributed by atoms with Crippen LogP contribution in [0.15, 0.2) is 47.5 Å². The van der Waals surface area contributed by atoms with E-state index in [1.165, 1.54) is 16.2 Å². The smallest absolute Gasteiger partial charge is 0.282 e. The minimum atomic E-state index is -0.283. The minimum Gasteiger partial charge on any atom is -0.491 e. The summed E-state index contributed by atoms with van der Waals surface area (Å²) in [6.45, 7) is 4.52. The topological polar surface area (TPSA) is 53.1 Å². The van der Waals surface area contributed by atoms with Gasteiger partial charge in [0.25, 0.3) is 11.8 Å². The number of rotatable bonds is 7. The molecule has 1 saturated heterocycles. The molecule has 1 aromatic heterocycles. The third-order valence-corrected chi connectivity index (χ3v) is 6.87. The number of imide groups is 1. The number of carbonyl (C=O) groups excluding carboxylic acids is 2. The van der Waals surface area contributed by atoms with Gasteiger partial charge in [-0.3, -0.25) is 9.59 Å². The Morgan fingerprint density at radius 1 is 1.10 bits per heavy atom. The molecule has 2 aliphatic heterocycles. The Morgan fingerprint density at radius 2 is 1.84 bits per heavy atom. The van der Waals surface area contributed by atoms with Crippen LogP contribution < -0.4 is 9.64 Å². The molecule has 7 heteroatoms. The van der Waals surface area contributed by atoms with E-state index in [-0.39, 0.29) is 17.9 Å². The highest BCUT2D eigenvalue weighted by Gasteiger charge is 2.44. The number of hydrogen-bond acceptors (Lipinski definition) is 6. The zero-order valence-corrected chi connectivity index (χ0v) is 19.2. The van der Waals surface area contributed by atoms with Gasteiger partial charge in [-0.15, -0.1) is 11.3 Å². The van der Waals surface area contributed by atoms with Crippen LogP contribution in [0.25, 0.3) is 5.57 Å². The highest BCUT2D eigenvalue weighted by molar-refractivity contribution is 7.11. The largest absolute Gasteiger partial charge is 0.491 e. The van der Waals surface area contributed by atoms with Gasteiger partial charge >= 0.3 is 0 Å². The number of para-hydroxylation sites is 2. The summed E-state index contributed by atoms with van der Waals surface area (Å²) < 4.78 is 5.86. The van der Waals surface area contributed by atoms with Gasteiger partial charge in [0, 0.05) is 18.0 Å². The summed E-state index contributed by atoms with van der Waals surface area (Å²) in [4.78, 5) is 33.8. The molecule has 0 unspecified atom stereocenters. The van der Waals surface area contributed by atoms with Crippen molar-refractivity contribution >= 4 is 34.4 Å². The van der Waals surface area contributed by atoms with E-state index in [4.69, 9.17) is 4.74 Å². The van der Waals surface area contributed by atoms with Crippen LogP contribution in [0.4, 0.5) is 5.69 Å². The molecule has 4 rings (SSSR count). The molecular formula is C24H29N3O3S. The average Bonchev–Trinajstić information content (AvgIpc) is 3.38. The fraction of sp³-hybridized carbons (Fsp3) is 0.417. The quantitative estimate of drug-likeness (QED) is 0.614. The Morgan fingerprint density at radius 3 is 2.52 bits per heavy atom. The van der Waals surface area contributed by atoms with E-state index in [0.29, 0.717) is 29.3 Å². The number of benzene rings is 1. The van der Waals surface area contributed by atoms with E-state index in [1.807, 2.05) is 54.6 Å². The SMILES string of the molecule is CCCOc1ccccc1N1C(=O)C(c2cccs2)=C(N(C)C2CCN(C)CC2)C1=O. The molecule has 0 spiro atoms. The van der Waals surface area contributed by atoms with Gasteiger partial charge in [0.1, 0.15) is 11.4 Å². The van der Waals surface area contributed by atoms with Crippen molar-refractivity contribution in [1.82, 2.24) is 9.80 Å². The van der Waals surface area contributed by atoms with E-state index in [2.05, 4.69) is 11.9 Å². The summed E-state index contributed by atoms with van der Waals surface area (Å²) in [5, 5.41) is 1.94. The van der Waals surface area contributed by atoms with Crippen molar-refractivity contribution in [1.29, 1.82) is 0 Å². The average molecular weight is 440 g/mol.